The number of rotatable bonds is 5. The molecule has 160 valence electrons. The number of nitrogens with zero attached hydrogens (tertiary/aromatic N) is 3. The molecule has 0 aliphatic carbocycles. The highest BCUT2D eigenvalue weighted by Gasteiger charge is 2.25. The van der Waals surface area contributed by atoms with E-state index in [-0.39, 0.29) is 23.7 Å². The van der Waals surface area contributed by atoms with Gasteiger partial charge < -0.3 is 10.1 Å². The van der Waals surface area contributed by atoms with E-state index in [0.717, 1.165) is 19.3 Å². The summed E-state index contributed by atoms with van der Waals surface area (Å²) in [5.74, 6) is 0.0849. The van der Waals surface area contributed by atoms with E-state index < -0.39 is 0 Å². The second-order valence-electron chi connectivity index (χ2n) is 7.89. The van der Waals surface area contributed by atoms with Gasteiger partial charge in [-0.1, -0.05) is 32.0 Å². The molecule has 1 atom stereocenters. The zero-order valence-electron chi connectivity index (χ0n) is 17.6. The van der Waals surface area contributed by atoms with Gasteiger partial charge in [0.15, 0.2) is 0 Å². The van der Waals surface area contributed by atoms with Gasteiger partial charge in [0, 0.05) is 42.2 Å². The molecule has 1 saturated heterocycles. The van der Waals surface area contributed by atoms with Crippen LogP contribution in [0.2, 0.25) is 0 Å². The van der Waals surface area contributed by atoms with Crippen molar-refractivity contribution in [1.82, 2.24) is 15.0 Å². The Hall–Kier alpha value is -3.19. The number of carbonyl (C=O) groups excluding carboxylic acids is 1. The van der Waals surface area contributed by atoms with Crippen molar-refractivity contribution in [3.05, 3.63) is 71.8 Å². The summed E-state index contributed by atoms with van der Waals surface area (Å²) in [5, 5.41) is 2.94. The summed E-state index contributed by atoms with van der Waals surface area (Å²) in [6, 6.07) is 8.19. The van der Waals surface area contributed by atoms with Gasteiger partial charge in [-0.2, -0.15) is 0 Å². The topological polar surface area (TPSA) is 77.0 Å². The fourth-order valence-electron chi connectivity index (χ4n) is 3.65. The van der Waals surface area contributed by atoms with Crippen LogP contribution in [0.5, 0.6) is 0 Å². The highest BCUT2D eigenvalue weighted by molar-refractivity contribution is 6.06. The minimum atomic E-state index is -0.377. The Morgan fingerprint density at radius 3 is 2.55 bits per heavy atom. The van der Waals surface area contributed by atoms with Gasteiger partial charge in [0.05, 0.1) is 16.9 Å². The lowest BCUT2D eigenvalue weighted by Crippen LogP contribution is -2.20. The second-order valence-corrected chi connectivity index (χ2v) is 7.89. The molecule has 1 N–H and O–H groups in total. The lowest BCUT2D eigenvalue weighted by Gasteiger charge is -2.25. The fraction of sp³-hybridized carbons (Fsp3) is 0.333. The van der Waals surface area contributed by atoms with Crippen molar-refractivity contribution in [2.24, 2.45) is 0 Å². The maximum Gasteiger partial charge on any atom is 0.258 e. The van der Waals surface area contributed by atoms with Gasteiger partial charge >= 0.3 is 0 Å². The Morgan fingerprint density at radius 2 is 1.87 bits per heavy atom. The van der Waals surface area contributed by atoms with Crippen molar-refractivity contribution in [2.75, 3.05) is 11.9 Å². The summed E-state index contributed by atoms with van der Waals surface area (Å²) < 4.78 is 20.5. The van der Waals surface area contributed by atoms with E-state index in [2.05, 4.69) is 20.3 Å². The maximum atomic E-state index is 14.6. The number of aromatic nitrogens is 3. The number of carbonyl (C=O) groups is 1. The molecule has 4 rings (SSSR count). The van der Waals surface area contributed by atoms with Crippen molar-refractivity contribution in [3.63, 3.8) is 0 Å². The first-order chi connectivity index (χ1) is 15.0. The molecule has 3 heterocycles. The number of hydrogen-bond donors (Lipinski definition) is 1. The average Bonchev–Trinajstić information content (AvgIpc) is 2.80. The lowest BCUT2D eigenvalue weighted by molar-refractivity contribution is 0.0128. The van der Waals surface area contributed by atoms with Gasteiger partial charge in [-0.25, -0.2) is 14.4 Å². The third-order valence-corrected chi connectivity index (χ3v) is 5.32. The van der Waals surface area contributed by atoms with Crippen LogP contribution in [0, 0.1) is 5.82 Å². The molecule has 0 saturated carbocycles. The van der Waals surface area contributed by atoms with Crippen LogP contribution in [-0.4, -0.2) is 27.5 Å². The fourth-order valence-corrected chi connectivity index (χ4v) is 3.65. The number of amides is 1. The number of pyridine rings is 1. The van der Waals surface area contributed by atoms with E-state index in [1.807, 2.05) is 13.8 Å². The van der Waals surface area contributed by atoms with E-state index >= 15 is 0 Å². The number of nitrogens with one attached hydrogen (secondary N) is 1. The van der Waals surface area contributed by atoms with E-state index in [9.17, 15) is 9.18 Å². The van der Waals surface area contributed by atoms with Crippen LogP contribution >= 0.6 is 0 Å². The SMILES string of the molecule is CC(C)c1ncc(C(=O)Nc2c(-c3ccccc3F)ccnc2C2CCCCO2)cn1. The van der Waals surface area contributed by atoms with Crippen molar-refractivity contribution < 1.29 is 13.9 Å². The van der Waals surface area contributed by atoms with Crippen LogP contribution in [0.25, 0.3) is 11.1 Å². The molecule has 1 aliphatic heterocycles. The number of ether oxygens (including phenoxy) is 1. The summed E-state index contributed by atoms with van der Waals surface area (Å²) in [7, 11) is 0. The average molecular weight is 420 g/mol. The first-order valence-electron chi connectivity index (χ1n) is 10.5. The zero-order chi connectivity index (χ0) is 21.8. The molecule has 1 fully saturated rings. The van der Waals surface area contributed by atoms with Crippen LogP contribution in [0.1, 0.15) is 67.0 Å². The zero-order valence-corrected chi connectivity index (χ0v) is 17.6. The minimum Gasteiger partial charge on any atom is -0.372 e. The standard InChI is InChI=1S/C24H25FN4O2/c1-15(2)23-27-13-16(14-28-23)24(30)29-21-18(17-7-3-4-8-19(17)25)10-11-26-22(21)20-9-5-6-12-31-20/h3-4,7-8,10-11,13-15,20H,5-6,9,12H2,1-2H3,(H,29,30). The van der Waals surface area contributed by atoms with Crippen LogP contribution in [-0.2, 0) is 4.74 Å². The van der Waals surface area contributed by atoms with Gasteiger partial charge in [0.25, 0.3) is 5.91 Å². The van der Waals surface area contributed by atoms with Crippen LogP contribution < -0.4 is 5.32 Å². The van der Waals surface area contributed by atoms with Crippen LogP contribution in [0.3, 0.4) is 0 Å². The molecule has 0 radical (unpaired) electrons. The van der Waals surface area contributed by atoms with E-state index in [4.69, 9.17) is 4.74 Å². The molecular formula is C24H25FN4O2. The van der Waals surface area contributed by atoms with E-state index in [0.29, 0.717) is 40.5 Å². The molecule has 1 unspecified atom stereocenters. The molecule has 7 heteroatoms. The third-order valence-electron chi connectivity index (χ3n) is 5.32. The minimum absolute atomic E-state index is 0.165. The van der Waals surface area contributed by atoms with Crippen molar-refractivity contribution >= 4 is 11.6 Å². The Bertz CT molecular complexity index is 1060. The van der Waals surface area contributed by atoms with Crippen molar-refractivity contribution in [1.29, 1.82) is 0 Å². The molecular weight excluding hydrogens is 395 g/mol. The van der Waals surface area contributed by atoms with Crippen molar-refractivity contribution in [2.45, 2.75) is 45.1 Å². The van der Waals surface area contributed by atoms with Gasteiger partial charge in [-0.3, -0.25) is 9.78 Å². The van der Waals surface area contributed by atoms with Crippen LogP contribution in [0.4, 0.5) is 10.1 Å². The molecule has 31 heavy (non-hydrogen) atoms. The van der Waals surface area contributed by atoms with Gasteiger partial charge in [-0.05, 0) is 31.4 Å². The first kappa shape index (κ1) is 21.1. The normalized spacial score (nSPS) is 16.3. The quantitative estimate of drug-likeness (QED) is 0.606. The monoisotopic (exact) mass is 420 g/mol. The Balaban J connectivity index is 1.74. The number of hydrogen-bond acceptors (Lipinski definition) is 5. The third kappa shape index (κ3) is 4.61. The molecule has 1 aliphatic rings. The Labute approximate surface area is 180 Å². The summed E-state index contributed by atoms with van der Waals surface area (Å²) >= 11 is 0. The molecule has 1 amide bonds. The van der Waals surface area contributed by atoms with Crippen molar-refractivity contribution in [3.8, 4) is 11.1 Å². The lowest BCUT2D eigenvalue weighted by atomic mass is 9.98. The predicted octanol–water partition coefficient (Wildman–Crippen LogP) is 5.30. The highest BCUT2D eigenvalue weighted by Crippen LogP contribution is 2.38. The largest absolute Gasteiger partial charge is 0.372 e. The summed E-state index contributed by atoms with van der Waals surface area (Å²) in [6.45, 7) is 4.61. The molecule has 0 bridgehead atoms. The summed E-state index contributed by atoms with van der Waals surface area (Å²) in [5.41, 5.74) is 2.34. The van der Waals surface area contributed by atoms with Gasteiger partial charge in [-0.15, -0.1) is 0 Å². The molecule has 2 aromatic heterocycles. The summed E-state index contributed by atoms with van der Waals surface area (Å²) in [4.78, 5) is 26.1. The second kappa shape index (κ2) is 9.31. The predicted molar refractivity (Wildman–Crippen MR) is 116 cm³/mol. The molecule has 1 aromatic carbocycles. The first-order valence-corrected chi connectivity index (χ1v) is 10.5. The molecule has 3 aromatic rings. The smallest absolute Gasteiger partial charge is 0.258 e. The van der Waals surface area contributed by atoms with E-state index in [1.54, 1.807) is 30.5 Å². The highest BCUT2D eigenvalue weighted by atomic mass is 19.1. The number of halogens is 1. The summed E-state index contributed by atoms with van der Waals surface area (Å²) in [6.07, 6.45) is 7.18. The molecule has 6 nitrogen and oxygen atoms in total. The Morgan fingerprint density at radius 1 is 1.10 bits per heavy atom. The Kier molecular flexibility index (Phi) is 6.32. The molecule has 0 spiro atoms. The van der Waals surface area contributed by atoms with Gasteiger partial charge in [0.2, 0.25) is 0 Å². The number of anilines is 1. The van der Waals surface area contributed by atoms with E-state index in [1.165, 1.54) is 18.5 Å². The van der Waals surface area contributed by atoms with Gasteiger partial charge in [0.1, 0.15) is 17.7 Å². The van der Waals surface area contributed by atoms with Crippen LogP contribution in [0.15, 0.2) is 48.9 Å². The number of benzene rings is 1. The maximum absolute atomic E-state index is 14.6.